The van der Waals surface area contributed by atoms with Gasteiger partial charge in [0.25, 0.3) is 0 Å². The zero-order valence-corrected chi connectivity index (χ0v) is 11.5. The van der Waals surface area contributed by atoms with Gasteiger partial charge in [0.2, 0.25) is 0 Å². The van der Waals surface area contributed by atoms with Crippen LogP contribution in [0.25, 0.3) is 0 Å². The molecule has 94 valence electrons. The zero-order chi connectivity index (χ0) is 13.1. The van der Waals surface area contributed by atoms with Gasteiger partial charge in [-0.05, 0) is 42.8 Å². The summed E-state index contributed by atoms with van der Waals surface area (Å²) >= 11 is 3.23. The molecule has 0 fully saturated rings. The van der Waals surface area contributed by atoms with Gasteiger partial charge in [0.1, 0.15) is 11.4 Å². The van der Waals surface area contributed by atoms with Crippen molar-refractivity contribution in [2.75, 3.05) is 5.32 Å². The number of carbonyl (C=O) groups is 1. The predicted molar refractivity (Wildman–Crippen MR) is 67.7 cm³/mol. The van der Waals surface area contributed by atoms with E-state index in [1.165, 1.54) is 6.20 Å². The third kappa shape index (κ3) is 4.70. The third-order valence-corrected chi connectivity index (χ3v) is 2.16. The van der Waals surface area contributed by atoms with E-state index >= 15 is 0 Å². The van der Waals surface area contributed by atoms with Crippen LogP contribution >= 0.6 is 15.9 Å². The van der Waals surface area contributed by atoms with Gasteiger partial charge in [0.05, 0.1) is 6.61 Å². The predicted octanol–water partition coefficient (Wildman–Crippen LogP) is 2.68. The van der Waals surface area contributed by atoms with E-state index in [1.54, 1.807) is 26.8 Å². The lowest BCUT2D eigenvalue weighted by Gasteiger charge is -2.20. The van der Waals surface area contributed by atoms with Crippen molar-refractivity contribution in [1.82, 2.24) is 4.98 Å². The third-order valence-electron chi connectivity index (χ3n) is 1.72. The average Bonchev–Trinajstić information content (AvgIpc) is 2.17. The van der Waals surface area contributed by atoms with Crippen LogP contribution in [0.1, 0.15) is 26.3 Å². The Balaban J connectivity index is 2.78. The van der Waals surface area contributed by atoms with Crippen LogP contribution in [0.5, 0.6) is 0 Å². The summed E-state index contributed by atoms with van der Waals surface area (Å²) < 4.78 is 5.82. The monoisotopic (exact) mass is 302 g/mol. The molecule has 17 heavy (non-hydrogen) atoms. The van der Waals surface area contributed by atoms with Crippen molar-refractivity contribution in [3.63, 3.8) is 0 Å². The van der Waals surface area contributed by atoms with Crippen molar-refractivity contribution < 1.29 is 14.6 Å². The Morgan fingerprint density at radius 2 is 2.24 bits per heavy atom. The highest BCUT2D eigenvalue weighted by atomic mass is 79.9. The van der Waals surface area contributed by atoms with Crippen LogP contribution in [0, 0.1) is 0 Å². The molecule has 1 aromatic heterocycles. The molecule has 0 aliphatic heterocycles. The quantitative estimate of drug-likeness (QED) is 0.881. The minimum atomic E-state index is -0.595. The molecule has 0 aliphatic rings. The van der Waals surface area contributed by atoms with Crippen LogP contribution in [-0.2, 0) is 11.3 Å². The van der Waals surface area contributed by atoms with Crippen molar-refractivity contribution in [3.05, 3.63) is 22.3 Å². The summed E-state index contributed by atoms with van der Waals surface area (Å²) in [4.78, 5) is 15.5. The maximum Gasteiger partial charge on any atom is 0.413 e. The molecule has 6 heteroatoms. The van der Waals surface area contributed by atoms with Gasteiger partial charge in [0, 0.05) is 16.2 Å². The minimum Gasteiger partial charge on any atom is -0.444 e. The number of aromatic nitrogens is 1. The first kappa shape index (κ1) is 13.9. The van der Waals surface area contributed by atoms with E-state index in [0.29, 0.717) is 11.4 Å². The van der Waals surface area contributed by atoms with Gasteiger partial charge in [-0.25, -0.2) is 9.78 Å². The lowest BCUT2D eigenvalue weighted by Crippen LogP contribution is -2.27. The SMILES string of the molecule is CC(C)(C)OC(=O)Nc1ncc(Br)cc1CO. The molecule has 0 saturated carbocycles. The Bertz CT molecular complexity index is 416. The molecule has 0 radical (unpaired) electrons. The van der Waals surface area contributed by atoms with Gasteiger partial charge in [-0.1, -0.05) is 0 Å². The van der Waals surface area contributed by atoms with E-state index in [1.807, 2.05) is 0 Å². The largest absolute Gasteiger partial charge is 0.444 e. The second-order valence-corrected chi connectivity index (χ2v) is 5.36. The molecular formula is C11H15BrN2O3. The van der Waals surface area contributed by atoms with Crippen LogP contribution < -0.4 is 5.32 Å². The molecule has 2 N–H and O–H groups in total. The van der Waals surface area contributed by atoms with Gasteiger partial charge in [-0.15, -0.1) is 0 Å². The molecule has 0 saturated heterocycles. The molecular weight excluding hydrogens is 288 g/mol. The van der Waals surface area contributed by atoms with Crippen LogP contribution in [0.2, 0.25) is 0 Å². The van der Waals surface area contributed by atoms with Crippen LogP contribution in [0.15, 0.2) is 16.7 Å². The fourth-order valence-electron chi connectivity index (χ4n) is 1.11. The molecule has 0 aromatic carbocycles. The molecule has 0 spiro atoms. The van der Waals surface area contributed by atoms with Gasteiger partial charge in [-0.2, -0.15) is 0 Å². The Kier molecular flexibility index (Phi) is 4.47. The van der Waals surface area contributed by atoms with Crippen LogP contribution in [0.4, 0.5) is 10.6 Å². The number of hydrogen-bond acceptors (Lipinski definition) is 4. The summed E-state index contributed by atoms with van der Waals surface area (Å²) in [6.07, 6.45) is 0.938. The van der Waals surface area contributed by atoms with Crippen molar-refractivity contribution in [2.45, 2.75) is 33.0 Å². The average molecular weight is 303 g/mol. The first-order chi connectivity index (χ1) is 7.81. The molecule has 1 amide bonds. The number of anilines is 1. The number of carbonyl (C=O) groups excluding carboxylic acids is 1. The Morgan fingerprint density at radius 3 is 2.76 bits per heavy atom. The summed E-state index contributed by atoms with van der Waals surface area (Å²) in [5.41, 5.74) is -0.0519. The second kappa shape index (κ2) is 5.46. The van der Waals surface area contributed by atoms with Crippen LogP contribution in [-0.4, -0.2) is 21.8 Å². The number of aliphatic hydroxyl groups is 1. The Labute approximate surface area is 108 Å². The van der Waals surface area contributed by atoms with E-state index in [9.17, 15) is 4.79 Å². The summed E-state index contributed by atoms with van der Waals surface area (Å²) in [6, 6.07) is 1.68. The number of rotatable bonds is 2. The standard InChI is InChI=1S/C11H15BrN2O3/c1-11(2,3)17-10(16)14-9-7(6-15)4-8(12)5-13-9/h4-5,15H,6H2,1-3H3,(H,13,14,16). The Hall–Kier alpha value is -1.14. The number of aliphatic hydroxyl groups excluding tert-OH is 1. The second-order valence-electron chi connectivity index (χ2n) is 4.45. The number of amides is 1. The van der Waals surface area contributed by atoms with E-state index in [4.69, 9.17) is 9.84 Å². The molecule has 5 nitrogen and oxygen atoms in total. The van der Waals surface area contributed by atoms with Crippen molar-refractivity contribution in [2.24, 2.45) is 0 Å². The molecule has 1 rings (SSSR count). The van der Waals surface area contributed by atoms with E-state index in [2.05, 4.69) is 26.2 Å². The first-order valence-electron chi connectivity index (χ1n) is 5.07. The van der Waals surface area contributed by atoms with Gasteiger partial charge < -0.3 is 9.84 Å². The number of nitrogens with one attached hydrogen (secondary N) is 1. The molecule has 1 heterocycles. The molecule has 0 unspecified atom stereocenters. The lowest BCUT2D eigenvalue weighted by atomic mass is 10.2. The number of pyridine rings is 1. The molecule has 0 aliphatic carbocycles. The fourth-order valence-corrected chi connectivity index (χ4v) is 1.49. The molecule has 0 atom stereocenters. The van der Waals surface area contributed by atoms with E-state index in [0.717, 1.165) is 4.47 Å². The van der Waals surface area contributed by atoms with Gasteiger partial charge in [-0.3, -0.25) is 5.32 Å². The van der Waals surface area contributed by atoms with Crippen molar-refractivity contribution >= 4 is 27.8 Å². The number of nitrogens with zero attached hydrogens (tertiary/aromatic N) is 1. The zero-order valence-electron chi connectivity index (χ0n) is 9.95. The van der Waals surface area contributed by atoms with Crippen molar-refractivity contribution in [3.8, 4) is 0 Å². The highest BCUT2D eigenvalue weighted by Crippen LogP contribution is 2.18. The fraction of sp³-hybridized carbons (Fsp3) is 0.455. The molecule has 1 aromatic rings. The summed E-state index contributed by atoms with van der Waals surface area (Å²) in [5, 5.41) is 11.6. The van der Waals surface area contributed by atoms with Crippen LogP contribution in [0.3, 0.4) is 0 Å². The maximum absolute atomic E-state index is 11.5. The van der Waals surface area contributed by atoms with E-state index < -0.39 is 11.7 Å². The summed E-state index contributed by atoms with van der Waals surface area (Å²) in [6.45, 7) is 5.11. The number of halogens is 1. The first-order valence-corrected chi connectivity index (χ1v) is 5.86. The normalized spacial score (nSPS) is 11.1. The number of ether oxygens (including phenoxy) is 1. The van der Waals surface area contributed by atoms with Crippen molar-refractivity contribution in [1.29, 1.82) is 0 Å². The Morgan fingerprint density at radius 1 is 1.59 bits per heavy atom. The highest BCUT2D eigenvalue weighted by molar-refractivity contribution is 9.10. The number of hydrogen-bond donors (Lipinski definition) is 2. The maximum atomic E-state index is 11.5. The topological polar surface area (TPSA) is 71.5 Å². The van der Waals surface area contributed by atoms with E-state index in [-0.39, 0.29) is 6.61 Å². The smallest absolute Gasteiger partial charge is 0.413 e. The van der Waals surface area contributed by atoms with Gasteiger partial charge >= 0.3 is 6.09 Å². The summed E-state index contributed by atoms with van der Waals surface area (Å²) in [7, 11) is 0. The minimum absolute atomic E-state index is 0.211. The highest BCUT2D eigenvalue weighted by Gasteiger charge is 2.17. The lowest BCUT2D eigenvalue weighted by molar-refractivity contribution is 0.0635. The summed E-state index contributed by atoms with van der Waals surface area (Å²) in [5.74, 6) is 0.296. The molecule has 0 bridgehead atoms. The van der Waals surface area contributed by atoms with Gasteiger partial charge in [0.15, 0.2) is 0 Å².